The number of hydrogen-bond acceptors (Lipinski definition) is 5. The van der Waals surface area contributed by atoms with Crippen molar-refractivity contribution in [3.05, 3.63) is 53.1 Å². The minimum atomic E-state index is 0.528. The van der Waals surface area contributed by atoms with Crippen LogP contribution in [-0.2, 0) is 5.75 Å². The molecule has 1 N–H and O–H groups in total. The van der Waals surface area contributed by atoms with Gasteiger partial charge in [-0.25, -0.2) is 4.98 Å². The topological polar surface area (TPSA) is 60.0 Å². The molecule has 2 aromatic carbocycles. The zero-order valence-electron chi connectivity index (χ0n) is 12.7. The molecule has 1 aromatic heterocycles. The van der Waals surface area contributed by atoms with Crippen LogP contribution in [-0.4, -0.2) is 28.4 Å². The van der Waals surface area contributed by atoms with E-state index in [9.17, 15) is 0 Å². The van der Waals surface area contributed by atoms with Crippen molar-refractivity contribution >= 4 is 23.4 Å². The molecule has 0 fully saturated rings. The van der Waals surface area contributed by atoms with Gasteiger partial charge in [0, 0.05) is 11.3 Å². The number of hydrogen-bond donors (Lipinski definition) is 1. The van der Waals surface area contributed by atoms with E-state index in [1.54, 1.807) is 0 Å². The highest BCUT2D eigenvalue weighted by Crippen LogP contribution is 2.39. The van der Waals surface area contributed by atoms with Crippen molar-refractivity contribution in [2.24, 2.45) is 0 Å². The van der Waals surface area contributed by atoms with Gasteiger partial charge in [-0.2, -0.15) is 0 Å². The molecule has 24 heavy (non-hydrogen) atoms. The molecule has 0 aliphatic carbocycles. The van der Waals surface area contributed by atoms with Crippen molar-refractivity contribution in [2.75, 3.05) is 13.2 Å². The average Bonchev–Trinajstić information content (AvgIpc) is 3.10. The molecule has 0 radical (unpaired) electrons. The lowest BCUT2D eigenvalue weighted by atomic mass is 10.2. The first kappa shape index (κ1) is 15.4. The molecule has 1 aliphatic rings. The molecule has 0 saturated carbocycles. The van der Waals surface area contributed by atoms with Gasteiger partial charge < -0.3 is 9.47 Å². The summed E-state index contributed by atoms with van der Waals surface area (Å²) in [6, 6.07) is 13.8. The van der Waals surface area contributed by atoms with Crippen LogP contribution in [0.2, 0.25) is 5.02 Å². The second kappa shape index (κ2) is 6.75. The van der Waals surface area contributed by atoms with Crippen molar-refractivity contribution < 1.29 is 9.47 Å². The molecular weight excluding hydrogens is 346 g/mol. The Kier molecular flexibility index (Phi) is 4.32. The van der Waals surface area contributed by atoms with Crippen LogP contribution < -0.4 is 9.47 Å². The van der Waals surface area contributed by atoms with E-state index in [1.807, 2.05) is 42.5 Å². The van der Waals surface area contributed by atoms with E-state index in [1.165, 1.54) is 11.8 Å². The second-order valence-corrected chi connectivity index (χ2v) is 6.57. The zero-order chi connectivity index (χ0) is 16.4. The van der Waals surface area contributed by atoms with Crippen LogP contribution in [0, 0.1) is 0 Å². The maximum Gasteiger partial charge on any atom is 0.209 e. The number of thioether (sulfide) groups is 1. The molecule has 0 spiro atoms. The summed E-state index contributed by atoms with van der Waals surface area (Å²) in [5.41, 5.74) is 2.06. The third-order valence-electron chi connectivity index (χ3n) is 3.54. The standard InChI is InChI=1S/C17H14ClN3O2S/c18-13-8-11(9-14-15(13)23-7-6-22-14)10-24-17-19-16(20-21-17)12-4-2-1-3-5-12/h1-5,8-9H,6-7,10H2,(H,19,20,21). The first-order valence-corrected chi connectivity index (χ1v) is 8.84. The van der Waals surface area contributed by atoms with Gasteiger partial charge in [0.1, 0.15) is 13.2 Å². The van der Waals surface area contributed by atoms with E-state index in [-0.39, 0.29) is 0 Å². The number of benzene rings is 2. The van der Waals surface area contributed by atoms with Gasteiger partial charge >= 0.3 is 0 Å². The summed E-state index contributed by atoms with van der Waals surface area (Å²) < 4.78 is 11.1. The normalized spacial score (nSPS) is 13.0. The van der Waals surface area contributed by atoms with E-state index in [0.717, 1.165) is 17.0 Å². The van der Waals surface area contributed by atoms with Crippen LogP contribution in [0.15, 0.2) is 47.6 Å². The highest BCUT2D eigenvalue weighted by atomic mass is 35.5. The zero-order valence-corrected chi connectivity index (χ0v) is 14.2. The molecule has 0 saturated heterocycles. The van der Waals surface area contributed by atoms with Gasteiger partial charge in [-0.15, -0.1) is 5.10 Å². The summed E-state index contributed by atoms with van der Waals surface area (Å²) in [5, 5.41) is 8.49. The number of rotatable bonds is 4. The van der Waals surface area contributed by atoms with Gasteiger partial charge in [-0.05, 0) is 17.7 Å². The number of halogens is 1. The molecule has 0 bridgehead atoms. The highest BCUT2D eigenvalue weighted by Gasteiger charge is 2.17. The molecular formula is C17H14ClN3O2S. The predicted molar refractivity (Wildman–Crippen MR) is 93.8 cm³/mol. The van der Waals surface area contributed by atoms with E-state index < -0.39 is 0 Å². The maximum atomic E-state index is 6.26. The molecule has 0 atom stereocenters. The molecule has 0 amide bonds. The fourth-order valence-electron chi connectivity index (χ4n) is 2.43. The Hall–Kier alpha value is -2.18. The quantitative estimate of drug-likeness (QED) is 0.708. The fourth-order valence-corrected chi connectivity index (χ4v) is 3.45. The Balaban J connectivity index is 1.48. The van der Waals surface area contributed by atoms with Crippen LogP contribution in [0.1, 0.15) is 5.56 Å². The molecule has 0 unspecified atom stereocenters. The molecule has 1 aliphatic heterocycles. The number of H-pyrrole nitrogens is 1. The number of fused-ring (bicyclic) bond motifs is 1. The van der Waals surface area contributed by atoms with Crippen molar-refractivity contribution in [1.29, 1.82) is 0 Å². The lowest BCUT2D eigenvalue weighted by Crippen LogP contribution is -2.15. The largest absolute Gasteiger partial charge is 0.486 e. The third kappa shape index (κ3) is 3.20. The average molecular weight is 360 g/mol. The van der Waals surface area contributed by atoms with Gasteiger partial charge in [0.05, 0.1) is 5.02 Å². The summed E-state index contributed by atoms with van der Waals surface area (Å²) in [7, 11) is 0. The van der Waals surface area contributed by atoms with Crippen LogP contribution >= 0.6 is 23.4 Å². The number of aromatic amines is 1. The fraction of sp³-hybridized carbons (Fsp3) is 0.176. The van der Waals surface area contributed by atoms with Gasteiger partial charge in [0.15, 0.2) is 17.3 Å². The SMILES string of the molecule is Clc1cc(CSc2n[nH]c(-c3ccccc3)n2)cc2c1OCCO2. The van der Waals surface area contributed by atoms with Crippen LogP contribution in [0.25, 0.3) is 11.4 Å². The first-order valence-electron chi connectivity index (χ1n) is 7.48. The first-order chi connectivity index (χ1) is 11.8. The van der Waals surface area contributed by atoms with Crippen molar-refractivity contribution in [3.63, 3.8) is 0 Å². The van der Waals surface area contributed by atoms with Gasteiger partial charge in [-0.3, -0.25) is 5.10 Å². The maximum absolute atomic E-state index is 6.26. The molecule has 2 heterocycles. The van der Waals surface area contributed by atoms with Crippen molar-refractivity contribution in [1.82, 2.24) is 15.2 Å². The number of aromatic nitrogens is 3. The smallest absolute Gasteiger partial charge is 0.209 e. The summed E-state index contributed by atoms with van der Waals surface area (Å²) in [6.07, 6.45) is 0. The Morgan fingerprint density at radius 3 is 2.83 bits per heavy atom. The number of nitrogens with one attached hydrogen (secondary N) is 1. The van der Waals surface area contributed by atoms with Gasteiger partial charge in [0.2, 0.25) is 5.16 Å². The van der Waals surface area contributed by atoms with E-state index in [4.69, 9.17) is 21.1 Å². The highest BCUT2D eigenvalue weighted by molar-refractivity contribution is 7.98. The molecule has 122 valence electrons. The Morgan fingerprint density at radius 2 is 1.96 bits per heavy atom. The Labute approximate surface area is 148 Å². The van der Waals surface area contributed by atoms with Crippen LogP contribution in [0.3, 0.4) is 0 Å². The van der Waals surface area contributed by atoms with Crippen molar-refractivity contribution in [2.45, 2.75) is 10.9 Å². The summed E-state index contributed by atoms with van der Waals surface area (Å²) in [5.74, 6) is 2.78. The minimum absolute atomic E-state index is 0.528. The van der Waals surface area contributed by atoms with Crippen LogP contribution in [0.5, 0.6) is 11.5 Å². The molecule has 7 heteroatoms. The summed E-state index contributed by atoms with van der Waals surface area (Å²) in [6.45, 7) is 1.07. The molecule has 3 aromatic rings. The predicted octanol–water partition coefficient (Wildman–Crippen LogP) is 4.19. The monoisotopic (exact) mass is 359 g/mol. The summed E-state index contributed by atoms with van der Waals surface area (Å²) >= 11 is 7.80. The van der Waals surface area contributed by atoms with Crippen LogP contribution in [0.4, 0.5) is 0 Å². The lowest BCUT2D eigenvalue weighted by Gasteiger charge is -2.20. The molecule has 4 rings (SSSR count). The number of nitrogens with zero attached hydrogens (tertiary/aromatic N) is 2. The Morgan fingerprint density at radius 1 is 1.12 bits per heavy atom. The summed E-state index contributed by atoms with van der Waals surface area (Å²) in [4.78, 5) is 4.51. The third-order valence-corrected chi connectivity index (χ3v) is 4.74. The van der Waals surface area contributed by atoms with E-state index in [2.05, 4.69) is 15.2 Å². The minimum Gasteiger partial charge on any atom is -0.486 e. The van der Waals surface area contributed by atoms with Gasteiger partial charge in [0.25, 0.3) is 0 Å². The lowest BCUT2D eigenvalue weighted by molar-refractivity contribution is 0.171. The van der Waals surface area contributed by atoms with Crippen molar-refractivity contribution in [3.8, 4) is 22.9 Å². The number of ether oxygens (including phenoxy) is 2. The molecule has 5 nitrogen and oxygen atoms in total. The van der Waals surface area contributed by atoms with Gasteiger partial charge in [-0.1, -0.05) is 53.7 Å². The van der Waals surface area contributed by atoms with E-state index in [0.29, 0.717) is 40.6 Å². The Bertz CT molecular complexity index is 854. The second-order valence-electron chi connectivity index (χ2n) is 5.22. The van der Waals surface area contributed by atoms with E-state index >= 15 is 0 Å².